The fourth-order valence-electron chi connectivity index (χ4n) is 1.73. The van der Waals surface area contributed by atoms with Gasteiger partial charge in [-0.3, -0.25) is 4.79 Å². The van der Waals surface area contributed by atoms with Crippen LogP contribution < -0.4 is 5.32 Å². The van der Waals surface area contributed by atoms with Crippen molar-refractivity contribution < 1.29 is 9.53 Å². The minimum atomic E-state index is 0.167. The molecule has 1 saturated heterocycles. The Hall–Kier alpha value is -0.460. The lowest BCUT2D eigenvalue weighted by atomic mass is 10.0. The van der Waals surface area contributed by atoms with E-state index in [1.165, 1.54) is 0 Å². The van der Waals surface area contributed by atoms with Gasteiger partial charge in [-0.25, -0.2) is 0 Å². The second-order valence-corrected chi connectivity index (χ2v) is 5.11. The van der Waals surface area contributed by atoms with E-state index in [0.29, 0.717) is 13.0 Å². The summed E-state index contributed by atoms with van der Waals surface area (Å²) < 4.78 is 6.47. The Balaban J connectivity index is 1.94. The molecule has 1 heterocycles. The Morgan fingerprint density at radius 2 is 2.19 bits per heavy atom. The summed E-state index contributed by atoms with van der Waals surface area (Å²) >= 11 is 2.23. The molecular formula is C12H14INO2. The van der Waals surface area contributed by atoms with Crippen molar-refractivity contribution in [3.63, 3.8) is 0 Å². The number of Topliss-reactive ketones (excluding diaryl/α,β-unsaturated/α-hetero) is 1. The third kappa shape index (κ3) is 3.26. The third-order valence-corrected chi connectivity index (χ3v) is 3.32. The Kier molecular flexibility index (Phi) is 4.31. The zero-order chi connectivity index (χ0) is 11.4. The number of morpholine rings is 1. The predicted molar refractivity (Wildman–Crippen MR) is 70.7 cm³/mol. The van der Waals surface area contributed by atoms with E-state index in [9.17, 15) is 4.79 Å². The van der Waals surface area contributed by atoms with Gasteiger partial charge in [0.25, 0.3) is 0 Å². The molecule has 1 N–H and O–H groups in total. The summed E-state index contributed by atoms with van der Waals surface area (Å²) in [6, 6.07) is 7.85. The van der Waals surface area contributed by atoms with Crippen molar-refractivity contribution in [3.05, 3.63) is 33.4 Å². The standard InChI is InChI=1S/C12H14INO2/c13-10-3-1-9(2-4-10)12(15)7-11-8-16-6-5-14-11/h1-4,11,14H,5-8H2. The van der Waals surface area contributed by atoms with Crippen LogP contribution in [0.4, 0.5) is 0 Å². The number of carbonyl (C=O) groups is 1. The molecule has 86 valence electrons. The minimum Gasteiger partial charge on any atom is -0.378 e. The molecular weight excluding hydrogens is 317 g/mol. The first-order valence-electron chi connectivity index (χ1n) is 5.35. The van der Waals surface area contributed by atoms with Crippen molar-refractivity contribution in [2.45, 2.75) is 12.5 Å². The third-order valence-electron chi connectivity index (χ3n) is 2.60. The molecule has 0 aromatic heterocycles. The summed E-state index contributed by atoms with van der Waals surface area (Å²) in [6.07, 6.45) is 0.514. The first kappa shape index (κ1) is 12.0. The van der Waals surface area contributed by atoms with E-state index in [1.807, 2.05) is 24.3 Å². The van der Waals surface area contributed by atoms with Crippen molar-refractivity contribution in [2.24, 2.45) is 0 Å². The van der Waals surface area contributed by atoms with Crippen LogP contribution in [0.5, 0.6) is 0 Å². The van der Waals surface area contributed by atoms with Gasteiger partial charge in [0.1, 0.15) is 0 Å². The average molecular weight is 331 g/mol. The van der Waals surface area contributed by atoms with Gasteiger partial charge in [-0.05, 0) is 34.7 Å². The molecule has 1 fully saturated rings. The minimum absolute atomic E-state index is 0.167. The molecule has 0 amide bonds. The number of ketones is 1. The fraction of sp³-hybridized carbons (Fsp3) is 0.417. The number of benzene rings is 1. The average Bonchev–Trinajstić information content (AvgIpc) is 2.31. The molecule has 0 spiro atoms. The first-order valence-corrected chi connectivity index (χ1v) is 6.43. The van der Waals surface area contributed by atoms with Crippen LogP contribution in [0.25, 0.3) is 0 Å². The number of nitrogens with one attached hydrogen (secondary N) is 1. The van der Waals surface area contributed by atoms with Crippen LogP contribution in [0, 0.1) is 3.57 Å². The number of ether oxygens (including phenoxy) is 1. The molecule has 1 aromatic rings. The normalized spacial score (nSPS) is 20.7. The molecule has 1 aliphatic rings. The zero-order valence-corrected chi connectivity index (χ0v) is 11.1. The van der Waals surface area contributed by atoms with Crippen LogP contribution in [0.3, 0.4) is 0 Å². The second-order valence-electron chi connectivity index (χ2n) is 3.86. The van der Waals surface area contributed by atoms with Crippen LogP contribution in [-0.4, -0.2) is 31.6 Å². The topological polar surface area (TPSA) is 38.3 Å². The maximum Gasteiger partial charge on any atom is 0.164 e. The van der Waals surface area contributed by atoms with Gasteiger partial charge in [0.2, 0.25) is 0 Å². The zero-order valence-electron chi connectivity index (χ0n) is 8.91. The van der Waals surface area contributed by atoms with E-state index in [4.69, 9.17) is 4.74 Å². The largest absolute Gasteiger partial charge is 0.378 e. The highest BCUT2D eigenvalue weighted by atomic mass is 127. The van der Waals surface area contributed by atoms with Crippen molar-refractivity contribution >= 4 is 28.4 Å². The molecule has 1 aromatic carbocycles. The van der Waals surface area contributed by atoms with Crippen LogP contribution in [-0.2, 0) is 4.74 Å². The number of hydrogen-bond donors (Lipinski definition) is 1. The Bertz CT molecular complexity index is 358. The molecule has 2 rings (SSSR count). The van der Waals surface area contributed by atoms with E-state index < -0.39 is 0 Å². The quantitative estimate of drug-likeness (QED) is 0.679. The molecule has 0 aliphatic carbocycles. The lowest BCUT2D eigenvalue weighted by molar-refractivity contribution is 0.0676. The molecule has 1 aliphatic heterocycles. The number of rotatable bonds is 3. The van der Waals surface area contributed by atoms with E-state index in [1.54, 1.807) is 0 Å². The maximum atomic E-state index is 11.9. The van der Waals surface area contributed by atoms with Crippen LogP contribution in [0.1, 0.15) is 16.8 Å². The monoisotopic (exact) mass is 331 g/mol. The summed E-state index contributed by atoms with van der Waals surface area (Å²) in [6.45, 7) is 2.22. The molecule has 0 radical (unpaired) electrons. The van der Waals surface area contributed by atoms with E-state index in [-0.39, 0.29) is 11.8 Å². The summed E-state index contributed by atoms with van der Waals surface area (Å²) in [5.74, 6) is 0.180. The smallest absolute Gasteiger partial charge is 0.164 e. The molecule has 4 heteroatoms. The highest BCUT2D eigenvalue weighted by Crippen LogP contribution is 2.10. The molecule has 16 heavy (non-hydrogen) atoms. The highest BCUT2D eigenvalue weighted by molar-refractivity contribution is 14.1. The van der Waals surface area contributed by atoms with Crippen LogP contribution >= 0.6 is 22.6 Å². The Morgan fingerprint density at radius 3 is 2.81 bits per heavy atom. The van der Waals surface area contributed by atoms with E-state index >= 15 is 0 Å². The van der Waals surface area contributed by atoms with Crippen molar-refractivity contribution in [1.82, 2.24) is 5.32 Å². The molecule has 3 nitrogen and oxygen atoms in total. The van der Waals surface area contributed by atoms with Gasteiger partial charge in [-0.1, -0.05) is 12.1 Å². The Labute approximate surface area is 109 Å². The highest BCUT2D eigenvalue weighted by Gasteiger charge is 2.17. The SMILES string of the molecule is O=C(CC1COCCN1)c1ccc(I)cc1. The number of carbonyl (C=O) groups excluding carboxylic acids is 1. The second kappa shape index (κ2) is 5.75. The van der Waals surface area contributed by atoms with Gasteiger partial charge in [0, 0.05) is 28.1 Å². The predicted octanol–water partition coefficient (Wildman–Crippen LogP) is 1.85. The van der Waals surface area contributed by atoms with Gasteiger partial charge >= 0.3 is 0 Å². The lowest BCUT2D eigenvalue weighted by Gasteiger charge is -2.23. The van der Waals surface area contributed by atoms with Gasteiger partial charge < -0.3 is 10.1 Å². The van der Waals surface area contributed by atoms with Gasteiger partial charge in [0.15, 0.2) is 5.78 Å². The first-order chi connectivity index (χ1) is 7.75. The molecule has 1 atom stereocenters. The van der Waals surface area contributed by atoms with Gasteiger partial charge in [0.05, 0.1) is 13.2 Å². The fourth-order valence-corrected chi connectivity index (χ4v) is 2.09. The van der Waals surface area contributed by atoms with Crippen molar-refractivity contribution in [2.75, 3.05) is 19.8 Å². The van der Waals surface area contributed by atoms with Crippen molar-refractivity contribution in [3.8, 4) is 0 Å². The van der Waals surface area contributed by atoms with E-state index in [0.717, 1.165) is 22.3 Å². The molecule has 0 saturated carbocycles. The lowest BCUT2D eigenvalue weighted by Crippen LogP contribution is -2.42. The van der Waals surface area contributed by atoms with E-state index in [2.05, 4.69) is 27.9 Å². The van der Waals surface area contributed by atoms with Gasteiger partial charge in [-0.2, -0.15) is 0 Å². The van der Waals surface area contributed by atoms with Crippen LogP contribution in [0.2, 0.25) is 0 Å². The van der Waals surface area contributed by atoms with Crippen LogP contribution in [0.15, 0.2) is 24.3 Å². The maximum absolute atomic E-state index is 11.9. The summed E-state index contributed by atoms with van der Waals surface area (Å²) in [5, 5.41) is 3.28. The van der Waals surface area contributed by atoms with Crippen molar-refractivity contribution in [1.29, 1.82) is 0 Å². The number of halogens is 1. The van der Waals surface area contributed by atoms with Gasteiger partial charge in [-0.15, -0.1) is 0 Å². The summed E-state index contributed by atoms with van der Waals surface area (Å²) in [7, 11) is 0. The summed E-state index contributed by atoms with van der Waals surface area (Å²) in [4.78, 5) is 11.9. The summed E-state index contributed by atoms with van der Waals surface area (Å²) in [5.41, 5.74) is 0.785. The number of hydrogen-bond acceptors (Lipinski definition) is 3. The molecule has 0 bridgehead atoms. The molecule has 1 unspecified atom stereocenters. The Morgan fingerprint density at radius 1 is 1.44 bits per heavy atom.